The third kappa shape index (κ3) is 9.11. The van der Waals surface area contributed by atoms with Gasteiger partial charge in [0.2, 0.25) is 11.7 Å². The van der Waals surface area contributed by atoms with Crippen molar-refractivity contribution in [1.82, 2.24) is 0 Å². The summed E-state index contributed by atoms with van der Waals surface area (Å²) < 4.78 is 66.5. The molecule has 0 fully saturated rings. The Morgan fingerprint density at radius 3 is 1.00 bits per heavy atom. The predicted molar refractivity (Wildman–Crippen MR) is 38.1 cm³/mol. The van der Waals surface area contributed by atoms with Gasteiger partial charge in [0.15, 0.2) is 0 Å². The molecule has 0 aromatic carbocycles. The fourth-order valence-electron chi connectivity index (χ4n) is 0.166. The van der Waals surface area contributed by atoms with E-state index in [4.69, 9.17) is 5.11 Å². The molecule has 0 rings (SSSR count). The van der Waals surface area contributed by atoms with Crippen LogP contribution in [0.1, 0.15) is 13.8 Å². The summed E-state index contributed by atoms with van der Waals surface area (Å²) in [5.41, 5.74) is 0. The second-order valence-corrected chi connectivity index (χ2v) is 2.24. The van der Waals surface area contributed by atoms with Crippen LogP contribution in [0.2, 0.25) is 0 Å². The van der Waals surface area contributed by atoms with E-state index in [2.05, 4.69) is 0 Å². The summed E-state index contributed by atoms with van der Waals surface area (Å²) in [6.07, 6.45) is -6.38. The van der Waals surface area contributed by atoms with Crippen molar-refractivity contribution in [2.24, 2.45) is 0 Å². The molecular formula is C7H8F6O. The number of rotatable bonds is 1. The summed E-state index contributed by atoms with van der Waals surface area (Å²) in [5, 5.41) is 8.06. The van der Waals surface area contributed by atoms with E-state index in [-0.39, 0.29) is 6.10 Å². The first-order valence-corrected chi connectivity index (χ1v) is 3.30. The maximum atomic E-state index is 11.4. The molecule has 1 N–H and O–H groups in total. The summed E-state index contributed by atoms with van der Waals surface area (Å²) in [7, 11) is 0. The van der Waals surface area contributed by atoms with Gasteiger partial charge in [-0.05, 0) is 13.8 Å². The molecule has 7 heteroatoms. The zero-order valence-corrected chi connectivity index (χ0v) is 7.29. The number of aliphatic hydroxyl groups is 1. The lowest BCUT2D eigenvalue weighted by molar-refractivity contribution is 0.216. The van der Waals surface area contributed by atoms with Crippen LogP contribution in [0.3, 0.4) is 0 Å². The minimum Gasteiger partial charge on any atom is -0.394 e. The summed E-state index contributed by atoms with van der Waals surface area (Å²) >= 11 is 0. The highest BCUT2D eigenvalue weighted by atomic mass is 19.3. The van der Waals surface area contributed by atoms with Gasteiger partial charge < -0.3 is 5.11 Å². The van der Waals surface area contributed by atoms with E-state index >= 15 is 0 Å². The van der Waals surface area contributed by atoms with E-state index in [0.717, 1.165) is 0 Å². The Bertz CT molecular complexity index is 200. The Balaban J connectivity index is 0. The molecule has 0 spiro atoms. The fourth-order valence-corrected chi connectivity index (χ4v) is 0.166. The second-order valence-electron chi connectivity index (χ2n) is 2.24. The standard InChI is InChI=1S/C4F6.C3H8O/c5-1(3(7)8)2(6)4(9)10;1-3(2)4/h;3-4H,1-2H3. The quantitative estimate of drug-likeness (QED) is 0.531. The number of aliphatic hydroxyl groups excluding tert-OH is 1. The van der Waals surface area contributed by atoms with Crippen molar-refractivity contribution in [3.8, 4) is 0 Å². The Morgan fingerprint density at radius 1 is 0.786 bits per heavy atom. The fraction of sp³-hybridized carbons (Fsp3) is 0.429. The Labute approximate surface area is 76.3 Å². The van der Waals surface area contributed by atoms with Gasteiger partial charge in [0.1, 0.15) is 0 Å². The van der Waals surface area contributed by atoms with Gasteiger partial charge in [0.05, 0.1) is 0 Å². The first-order valence-electron chi connectivity index (χ1n) is 3.30. The van der Waals surface area contributed by atoms with Crippen LogP contribution in [-0.2, 0) is 0 Å². The van der Waals surface area contributed by atoms with Crippen molar-refractivity contribution in [1.29, 1.82) is 0 Å². The van der Waals surface area contributed by atoms with Crippen LogP contribution in [-0.4, -0.2) is 11.2 Å². The maximum Gasteiger partial charge on any atom is 0.308 e. The molecule has 14 heavy (non-hydrogen) atoms. The van der Waals surface area contributed by atoms with Crippen LogP contribution in [0.4, 0.5) is 26.3 Å². The van der Waals surface area contributed by atoms with Crippen LogP contribution in [0.15, 0.2) is 23.8 Å². The lowest BCUT2D eigenvalue weighted by Crippen LogP contribution is -1.85. The highest BCUT2D eigenvalue weighted by Gasteiger charge is 2.16. The number of allylic oxidation sites excluding steroid dienone is 2. The van der Waals surface area contributed by atoms with Crippen LogP contribution < -0.4 is 0 Å². The Morgan fingerprint density at radius 2 is 0.929 bits per heavy atom. The van der Waals surface area contributed by atoms with Crippen LogP contribution in [0, 0.1) is 0 Å². The normalized spacial score (nSPS) is 9.00. The molecule has 1 nitrogen and oxygen atoms in total. The van der Waals surface area contributed by atoms with Crippen LogP contribution >= 0.6 is 0 Å². The van der Waals surface area contributed by atoms with Gasteiger partial charge in [-0.3, -0.25) is 0 Å². The smallest absolute Gasteiger partial charge is 0.308 e. The van der Waals surface area contributed by atoms with Crippen LogP contribution in [0.5, 0.6) is 0 Å². The predicted octanol–water partition coefficient (Wildman–Crippen LogP) is 3.53. The Hall–Kier alpha value is -0.980. The molecule has 0 unspecified atom stereocenters. The van der Waals surface area contributed by atoms with Crippen molar-refractivity contribution in [3.05, 3.63) is 23.8 Å². The lowest BCUT2D eigenvalue weighted by Gasteiger charge is -1.87. The number of halogens is 6. The van der Waals surface area contributed by atoms with E-state index in [1.807, 2.05) is 0 Å². The average Bonchev–Trinajstić information content (AvgIpc) is 2.00. The third-order valence-electron chi connectivity index (χ3n) is 0.525. The number of hydrogen-bond donors (Lipinski definition) is 1. The van der Waals surface area contributed by atoms with Gasteiger partial charge in [0, 0.05) is 6.10 Å². The summed E-state index contributed by atoms with van der Waals surface area (Å²) in [6.45, 7) is 3.44. The van der Waals surface area contributed by atoms with Gasteiger partial charge >= 0.3 is 12.2 Å². The first-order chi connectivity index (χ1) is 6.20. The van der Waals surface area contributed by atoms with Gasteiger partial charge in [-0.15, -0.1) is 0 Å². The molecule has 0 heterocycles. The zero-order valence-electron chi connectivity index (χ0n) is 7.29. The van der Waals surface area contributed by atoms with Crippen molar-refractivity contribution in [3.63, 3.8) is 0 Å². The van der Waals surface area contributed by atoms with Crippen molar-refractivity contribution >= 4 is 0 Å². The van der Waals surface area contributed by atoms with Gasteiger partial charge in [-0.2, -0.15) is 26.3 Å². The summed E-state index contributed by atoms with van der Waals surface area (Å²) in [5.74, 6) is -5.64. The highest BCUT2D eigenvalue weighted by Crippen LogP contribution is 2.23. The van der Waals surface area contributed by atoms with E-state index < -0.39 is 23.8 Å². The second kappa shape index (κ2) is 7.43. The summed E-state index contributed by atoms with van der Waals surface area (Å²) in [6, 6.07) is 0. The molecular weight excluding hydrogens is 214 g/mol. The lowest BCUT2D eigenvalue weighted by atomic mass is 10.5. The van der Waals surface area contributed by atoms with E-state index in [1.54, 1.807) is 13.8 Å². The molecule has 0 saturated heterocycles. The number of hydrogen-bond acceptors (Lipinski definition) is 1. The topological polar surface area (TPSA) is 20.2 Å². The molecule has 0 aliphatic rings. The van der Waals surface area contributed by atoms with E-state index in [0.29, 0.717) is 0 Å². The molecule has 0 saturated carbocycles. The molecule has 0 aliphatic carbocycles. The van der Waals surface area contributed by atoms with E-state index in [9.17, 15) is 26.3 Å². The monoisotopic (exact) mass is 222 g/mol. The van der Waals surface area contributed by atoms with Crippen molar-refractivity contribution in [2.45, 2.75) is 20.0 Å². The van der Waals surface area contributed by atoms with Crippen molar-refractivity contribution < 1.29 is 31.4 Å². The molecule has 0 aromatic rings. The minimum absolute atomic E-state index is 0.167. The average molecular weight is 222 g/mol. The SMILES string of the molecule is CC(C)O.FC(F)=C(F)C(F)=C(F)F. The molecule has 84 valence electrons. The summed E-state index contributed by atoms with van der Waals surface area (Å²) in [4.78, 5) is 0. The highest BCUT2D eigenvalue weighted by molar-refractivity contribution is 5.19. The molecule has 0 aliphatic heterocycles. The molecule has 0 atom stereocenters. The van der Waals surface area contributed by atoms with Crippen LogP contribution in [0.25, 0.3) is 0 Å². The largest absolute Gasteiger partial charge is 0.394 e. The maximum absolute atomic E-state index is 11.4. The molecule has 0 amide bonds. The van der Waals surface area contributed by atoms with Crippen molar-refractivity contribution in [2.75, 3.05) is 0 Å². The van der Waals surface area contributed by atoms with Gasteiger partial charge in [-0.1, -0.05) is 0 Å². The van der Waals surface area contributed by atoms with E-state index in [1.165, 1.54) is 0 Å². The molecule has 0 bridgehead atoms. The van der Waals surface area contributed by atoms with Gasteiger partial charge in [-0.25, -0.2) is 0 Å². The molecule has 0 radical (unpaired) electrons. The third-order valence-corrected chi connectivity index (χ3v) is 0.525. The van der Waals surface area contributed by atoms with Gasteiger partial charge in [0.25, 0.3) is 0 Å². The molecule has 0 aromatic heterocycles. The first kappa shape index (κ1) is 15.5. The zero-order chi connectivity index (χ0) is 11.9. The Kier molecular flexibility index (Phi) is 8.22. The minimum atomic E-state index is -3.11.